The van der Waals surface area contributed by atoms with Crippen molar-refractivity contribution in [2.24, 2.45) is 0 Å². The molecule has 3 aromatic heterocycles. The Labute approximate surface area is 186 Å². The summed E-state index contributed by atoms with van der Waals surface area (Å²) in [4.78, 5) is 7.64. The van der Waals surface area contributed by atoms with E-state index in [1.807, 2.05) is 17.8 Å². The lowest BCUT2D eigenvalue weighted by Crippen LogP contribution is -2.10. The second kappa shape index (κ2) is 7.22. The highest BCUT2D eigenvalue weighted by atomic mass is 79.9. The Hall–Kier alpha value is -2.69. The van der Waals surface area contributed by atoms with Gasteiger partial charge in [-0.1, -0.05) is 33.2 Å². The highest BCUT2D eigenvalue weighted by molar-refractivity contribution is 9.10. The first-order valence-corrected chi connectivity index (χ1v) is 11.2. The zero-order chi connectivity index (χ0) is 21.0. The summed E-state index contributed by atoms with van der Waals surface area (Å²) in [6.07, 6.45) is 10.1. The number of rotatable bonds is 4. The third-order valence-corrected chi connectivity index (χ3v) is 7.27. The van der Waals surface area contributed by atoms with E-state index in [-0.39, 0.29) is 5.82 Å². The van der Waals surface area contributed by atoms with Gasteiger partial charge in [-0.25, -0.2) is 13.9 Å². The van der Waals surface area contributed by atoms with Crippen molar-refractivity contribution in [3.05, 3.63) is 63.0 Å². The van der Waals surface area contributed by atoms with E-state index >= 15 is 0 Å². The maximum Gasteiger partial charge on any atom is 0.191 e. The molecule has 0 bridgehead atoms. The number of terminal acetylenes is 1. The summed E-state index contributed by atoms with van der Waals surface area (Å²) in [5.74, 6) is 2.93. The van der Waals surface area contributed by atoms with Crippen molar-refractivity contribution in [2.45, 2.75) is 25.7 Å². The monoisotopic (exact) mass is 480 g/mol. The van der Waals surface area contributed by atoms with Crippen LogP contribution in [0.15, 0.2) is 41.0 Å². The highest BCUT2D eigenvalue weighted by Gasteiger charge is 2.33. The van der Waals surface area contributed by atoms with Gasteiger partial charge in [-0.3, -0.25) is 0 Å². The Bertz CT molecular complexity index is 1310. The molecule has 4 aromatic rings. The number of hydrogen-bond donors (Lipinski definition) is 0. The van der Waals surface area contributed by atoms with Gasteiger partial charge in [0.25, 0.3) is 0 Å². The van der Waals surface area contributed by atoms with E-state index in [9.17, 15) is 4.39 Å². The van der Waals surface area contributed by atoms with Crippen molar-refractivity contribution in [2.75, 3.05) is 11.9 Å². The van der Waals surface area contributed by atoms with Gasteiger partial charge in [-0.05, 0) is 55.7 Å². The fourth-order valence-corrected chi connectivity index (χ4v) is 4.78. The van der Waals surface area contributed by atoms with Crippen LogP contribution in [0.1, 0.15) is 34.9 Å². The van der Waals surface area contributed by atoms with E-state index in [1.54, 1.807) is 12.1 Å². The summed E-state index contributed by atoms with van der Waals surface area (Å²) < 4.78 is 16.4. The number of hydrogen-bond acceptors (Lipinski definition) is 4. The molecule has 0 aliphatic heterocycles. The maximum atomic E-state index is 13.4. The van der Waals surface area contributed by atoms with Crippen molar-refractivity contribution in [3.63, 3.8) is 0 Å². The van der Waals surface area contributed by atoms with E-state index in [2.05, 4.69) is 39.7 Å². The van der Waals surface area contributed by atoms with Crippen LogP contribution in [-0.2, 0) is 0 Å². The zero-order valence-electron chi connectivity index (χ0n) is 16.5. The van der Waals surface area contributed by atoms with Crippen LogP contribution in [0.3, 0.4) is 0 Å². The maximum absolute atomic E-state index is 13.4. The van der Waals surface area contributed by atoms with Gasteiger partial charge in [0.05, 0.1) is 22.6 Å². The molecule has 5 rings (SSSR count). The molecule has 0 saturated heterocycles. The molecule has 0 N–H and O–H groups in total. The summed E-state index contributed by atoms with van der Waals surface area (Å²) in [6, 6.07) is 8.37. The molecule has 0 unspecified atom stereocenters. The smallest absolute Gasteiger partial charge is 0.191 e. The molecule has 3 heterocycles. The van der Waals surface area contributed by atoms with Gasteiger partial charge < -0.3 is 4.90 Å². The number of anilines is 2. The minimum Gasteiger partial charge on any atom is -0.317 e. The fraction of sp³-hybridized carbons (Fsp3) is 0.217. The largest absolute Gasteiger partial charge is 0.317 e. The molecule has 1 aliphatic carbocycles. The predicted molar refractivity (Wildman–Crippen MR) is 123 cm³/mol. The molecule has 150 valence electrons. The molecule has 30 heavy (non-hydrogen) atoms. The molecule has 1 aromatic carbocycles. The average molecular weight is 481 g/mol. The average Bonchev–Trinajstić information content (AvgIpc) is 3.39. The number of aryl methyl sites for hydroxylation is 1. The quantitative estimate of drug-likeness (QED) is 0.321. The molecule has 0 radical (unpaired) electrons. The van der Waals surface area contributed by atoms with Crippen LogP contribution in [0, 0.1) is 25.1 Å². The normalized spacial score (nSPS) is 13.6. The van der Waals surface area contributed by atoms with Crippen molar-refractivity contribution in [3.8, 4) is 23.6 Å². The van der Waals surface area contributed by atoms with Crippen LogP contribution in [0.2, 0.25) is 0 Å². The van der Waals surface area contributed by atoms with Gasteiger partial charge in [0.2, 0.25) is 0 Å². The van der Waals surface area contributed by atoms with Crippen LogP contribution < -0.4 is 4.90 Å². The topological polar surface area (TPSA) is 33.4 Å². The Morgan fingerprint density at radius 1 is 1.30 bits per heavy atom. The van der Waals surface area contributed by atoms with Crippen LogP contribution >= 0.6 is 27.3 Å². The van der Waals surface area contributed by atoms with E-state index in [0.29, 0.717) is 11.6 Å². The van der Waals surface area contributed by atoms with Crippen molar-refractivity contribution in [1.82, 2.24) is 14.6 Å². The summed E-state index contributed by atoms with van der Waals surface area (Å²) in [5, 5.41) is 5.68. The first-order valence-electron chi connectivity index (χ1n) is 9.61. The lowest BCUT2D eigenvalue weighted by molar-refractivity contribution is 0.628. The number of benzene rings is 1. The standard InChI is InChI=1S/C23H18BrFN4S/c1-4-19-20(14-7-9-16(25)10-8-14)26-23(30-19)28(3)22-18-11-17(24)13(2)12-29(18)27-21(22)15-5-6-15/h1,7-12,15H,5-6H2,2-3H3. The summed E-state index contributed by atoms with van der Waals surface area (Å²) in [5.41, 5.74) is 5.81. The SMILES string of the molecule is C#Cc1sc(N(C)c2c(C3CC3)nn3cc(C)c(Br)cc23)nc1-c1ccc(F)cc1. The van der Waals surface area contributed by atoms with E-state index in [0.717, 1.165) is 55.3 Å². The Morgan fingerprint density at radius 2 is 2.03 bits per heavy atom. The lowest BCUT2D eigenvalue weighted by Gasteiger charge is -2.16. The van der Waals surface area contributed by atoms with E-state index in [4.69, 9.17) is 16.5 Å². The lowest BCUT2D eigenvalue weighted by atomic mass is 10.1. The van der Waals surface area contributed by atoms with Gasteiger partial charge >= 0.3 is 0 Å². The molecular formula is C23H18BrFN4S. The second-order valence-corrected chi connectivity index (χ2v) is 9.36. The molecule has 1 aliphatic rings. The minimum absolute atomic E-state index is 0.283. The second-order valence-electron chi connectivity index (χ2n) is 7.53. The third-order valence-electron chi connectivity index (χ3n) is 5.35. The van der Waals surface area contributed by atoms with Crippen LogP contribution in [0.5, 0.6) is 0 Å². The molecule has 7 heteroatoms. The van der Waals surface area contributed by atoms with Gasteiger partial charge in [0.15, 0.2) is 5.13 Å². The molecular weight excluding hydrogens is 463 g/mol. The minimum atomic E-state index is -0.283. The third kappa shape index (κ3) is 3.21. The van der Waals surface area contributed by atoms with E-state index < -0.39 is 0 Å². The van der Waals surface area contributed by atoms with Crippen LogP contribution in [0.25, 0.3) is 16.8 Å². The van der Waals surface area contributed by atoms with E-state index in [1.165, 1.54) is 23.5 Å². The zero-order valence-corrected chi connectivity index (χ0v) is 18.9. The predicted octanol–water partition coefficient (Wildman–Crippen LogP) is 6.29. The first kappa shape index (κ1) is 19.3. The van der Waals surface area contributed by atoms with Crippen molar-refractivity contribution in [1.29, 1.82) is 0 Å². The molecule has 0 amide bonds. The number of fused-ring (bicyclic) bond motifs is 1. The number of nitrogens with zero attached hydrogens (tertiary/aromatic N) is 4. The Balaban J connectivity index is 1.65. The molecule has 4 nitrogen and oxygen atoms in total. The van der Waals surface area contributed by atoms with Gasteiger partial charge in [0.1, 0.15) is 10.7 Å². The van der Waals surface area contributed by atoms with Gasteiger partial charge in [-0.2, -0.15) is 5.10 Å². The molecule has 1 fully saturated rings. The van der Waals surface area contributed by atoms with Crippen LogP contribution in [0.4, 0.5) is 15.2 Å². The van der Waals surface area contributed by atoms with Crippen molar-refractivity contribution < 1.29 is 4.39 Å². The summed E-state index contributed by atoms with van der Waals surface area (Å²) >= 11 is 5.11. The fourth-order valence-electron chi connectivity index (χ4n) is 3.59. The number of pyridine rings is 1. The number of aromatic nitrogens is 3. The van der Waals surface area contributed by atoms with Gasteiger partial charge in [0, 0.05) is 29.2 Å². The Kier molecular flexibility index (Phi) is 4.64. The number of halogens is 2. The highest BCUT2D eigenvalue weighted by Crippen LogP contribution is 2.47. The molecule has 0 spiro atoms. The first-order chi connectivity index (χ1) is 14.5. The Morgan fingerprint density at radius 3 is 2.70 bits per heavy atom. The van der Waals surface area contributed by atoms with Crippen molar-refractivity contribution >= 4 is 43.6 Å². The van der Waals surface area contributed by atoms with Gasteiger partial charge in [-0.15, -0.1) is 6.42 Å². The molecule has 0 atom stereocenters. The number of thiazole rings is 1. The molecule has 1 saturated carbocycles. The summed E-state index contributed by atoms with van der Waals surface area (Å²) in [6.45, 7) is 2.06. The van der Waals surface area contributed by atoms with Crippen LogP contribution in [-0.4, -0.2) is 21.6 Å². The summed E-state index contributed by atoms with van der Waals surface area (Å²) in [7, 11) is 2.00.